The Labute approximate surface area is 167 Å². The van der Waals surface area contributed by atoms with Crippen LogP contribution in [-0.2, 0) is 36.5 Å². The number of benzene rings is 2. The standard InChI is InChI=1S/C23H30O5/c1-24-20-19(28-23(27-4)22(26-3)21(20)25-2)18-14-12-17(13-15-18)11-10-16-8-6-5-7-9-16/h5-9,12-15,19-23H,10-11H2,1-4H3/t19-,20-,21+,22-,23+/m1/s1. The van der Waals surface area contributed by atoms with Crippen LogP contribution in [-0.4, -0.2) is 53.0 Å². The Morgan fingerprint density at radius 1 is 0.643 bits per heavy atom. The Morgan fingerprint density at radius 2 is 1.21 bits per heavy atom. The van der Waals surface area contributed by atoms with Crippen LogP contribution in [0.4, 0.5) is 0 Å². The first-order valence-electron chi connectivity index (χ1n) is 9.61. The van der Waals surface area contributed by atoms with Crippen LogP contribution in [0.2, 0.25) is 0 Å². The molecule has 28 heavy (non-hydrogen) atoms. The molecule has 1 aliphatic rings. The SMILES string of the molecule is CO[C@H]1O[C@H](c2ccc(CCc3ccccc3)cc2)[C@@H](OC)[C@H](OC)[C@H]1OC. The van der Waals surface area contributed by atoms with Gasteiger partial charge in [-0.1, -0.05) is 54.6 Å². The predicted molar refractivity (Wildman–Crippen MR) is 107 cm³/mol. The van der Waals surface area contributed by atoms with Crippen LogP contribution >= 0.6 is 0 Å². The van der Waals surface area contributed by atoms with Crippen LogP contribution in [0.15, 0.2) is 54.6 Å². The van der Waals surface area contributed by atoms with Crippen molar-refractivity contribution in [3.63, 3.8) is 0 Å². The smallest absolute Gasteiger partial charge is 0.186 e. The third-order valence-corrected chi connectivity index (χ3v) is 5.40. The molecule has 5 heteroatoms. The highest BCUT2D eigenvalue weighted by atomic mass is 16.7. The lowest BCUT2D eigenvalue weighted by Gasteiger charge is -2.44. The molecular weight excluding hydrogens is 356 g/mol. The van der Waals surface area contributed by atoms with Crippen molar-refractivity contribution in [3.8, 4) is 0 Å². The molecule has 0 aromatic heterocycles. The van der Waals surface area contributed by atoms with E-state index < -0.39 is 6.29 Å². The van der Waals surface area contributed by atoms with Gasteiger partial charge < -0.3 is 23.7 Å². The minimum atomic E-state index is -0.524. The van der Waals surface area contributed by atoms with Crippen LogP contribution in [0.1, 0.15) is 22.8 Å². The zero-order chi connectivity index (χ0) is 19.9. The summed E-state index contributed by atoms with van der Waals surface area (Å²) in [4.78, 5) is 0. The largest absolute Gasteiger partial charge is 0.376 e. The number of methoxy groups -OCH3 is 4. The van der Waals surface area contributed by atoms with E-state index in [-0.39, 0.29) is 24.4 Å². The van der Waals surface area contributed by atoms with Gasteiger partial charge in [0.1, 0.15) is 24.4 Å². The zero-order valence-electron chi connectivity index (χ0n) is 17.0. The normalized spacial score (nSPS) is 27.6. The summed E-state index contributed by atoms with van der Waals surface area (Å²) < 4.78 is 28.6. The zero-order valence-corrected chi connectivity index (χ0v) is 17.0. The molecule has 0 bridgehead atoms. The molecule has 152 valence electrons. The van der Waals surface area contributed by atoms with Gasteiger partial charge in [-0.05, 0) is 29.5 Å². The average Bonchev–Trinajstić information content (AvgIpc) is 2.77. The fraction of sp³-hybridized carbons (Fsp3) is 0.478. The van der Waals surface area contributed by atoms with E-state index in [2.05, 4.69) is 48.5 Å². The van der Waals surface area contributed by atoms with Crippen LogP contribution in [0, 0.1) is 0 Å². The van der Waals surface area contributed by atoms with Crippen molar-refractivity contribution >= 4 is 0 Å². The maximum atomic E-state index is 6.18. The number of rotatable bonds is 8. The summed E-state index contributed by atoms with van der Waals surface area (Å²) in [5.41, 5.74) is 3.67. The predicted octanol–water partition coefficient (Wildman–Crippen LogP) is 3.56. The highest BCUT2D eigenvalue weighted by molar-refractivity contribution is 5.27. The molecule has 1 fully saturated rings. The third-order valence-electron chi connectivity index (χ3n) is 5.40. The molecule has 1 saturated heterocycles. The van der Waals surface area contributed by atoms with Crippen LogP contribution in [0.5, 0.6) is 0 Å². The number of hydrogen-bond acceptors (Lipinski definition) is 5. The Morgan fingerprint density at radius 3 is 1.75 bits per heavy atom. The first-order chi connectivity index (χ1) is 13.7. The number of ether oxygens (including phenoxy) is 5. The van der Waals surface area contributed by atoms with E-state index in [1.807, 2.05) is 6.07 Å². The highest BCUT2D eigenvalue weighted by Gasteiger charge is 2.47. The molecule has 2 aromatic rings. The molecule has 2 aromatic carbocycles. The van der Waals surface area contributed by atoms with E-state index in [1.165, 1.54) is 11.1 Å². The monoisotopic (exact) mass is 386 g/mol. The van der Waals surface area contributed by atoms with Crippen molar-refractivity contribution in [1.82, 2.24) is 0 Å². The fourth-order valence-corrected chi connectivity index (χ4v) is 3.85. The second-order valence-corrected chi connectivity index (χ2v) is 6.99. The molecule has 0 radical (unpaired) electrons. The van der Waals surface area contributed by atoms with Crippen molar-refractivity contribution in [2.24, 2.45) is 0 Å². The minimum absolute atomic E-state index is 0.295. The van der Waals surface area contributed by atoms with Crippen molar-refractivity contribution < 1.29 is 23.7 Å². The van der Waals surface area contributed by atoms with Gasteiger partial charge in [0.15, 0.2) is 6.29 Å². The van der Waals surface area contributed by atoms with E-state index in [1.54, 1.807) is 28.4 Å². The molecule has 0 spiro atoms. The fourth-order valence-electron chi connectivity index (χ4n) is 3.85. The van der Waals surface area contributed by atoms with Gasteiger partial charge in [-0.25, -0.2) is 0 Å². The lowest BCUT2D eigenvalue weighted by molar-refractivity contribution is -0.305. The Bertz CT molecular complexity index is 703. The number of aryl methyl sites for hydroxylation is 2. The minimum Gasteiger partial charge on any atom is -0.376 e. The van der Waals surface area contributed by atoms with Gasteiger partial charge in [0.05, 0.1) is 0 Å². The van der Waals surface area contributed by atoms with Gasteiger partial charge in [0.25, 0.3) is 0 Å². The van der Waals surface area contributed by atoms with Crippen LogP contribution in [0.3, 0.4) is 0 Å². The van der Waals surface area contributed by atoms with E-state index in [0.717, 1.165) is 18.4 Å². The molecule has 3 rings (SSSR count). The molecule has 0 saturated carbocycles. The van der Waals surface area contributed by atoms with E-state index in [0.29, 0.717) is 0 Å². The third kappa shape index (κ3) is 4.62. The van der Waals surface area contributed by atoms with E-state index in [9.17, 15) is 0 Å². The van der Waals surface area contributed by atoms with Crippen molar-refractivity contribution in [2.45, 2.75) is 43.5 Å². The molecule has 1 aliphatic heterocycles. The molecule has 0 amide bonds. The number of hydrogen-bond donors (Lipinski definition) is 0. The summed E-state index contributed by atoms with van der Waals surface area (Å²) in [6.45, 7) is 0. The Hall–Kier alpha value is -1.76. The molecule has 1 heterocycles. The molecular formula is C23H30O5. The Kier molecular flexibility index (Phi) is 7.59. The lowest BCUT2D eigenvalue weighted by Crippen LogP contribution is -2.56. The van der Waals surface area contributed by atoms with Crippen LogP contribution < -0.4 is 0 Å². The lowest BCUT2D eigenvalue weighted by atomic mass is 9.92. The summed E-state index contributed by atoms with van der Waals surface area (Å²) in [5.74, 6) is 0. The summed E-state index contributed by atoms with van der Waals surface area (Å²) in [7, 11) is 6.56. The summed E-state index contributed by atoms with van der Waals surface area (Å²) in [5, 5.41) is 0. The van der Waals surface area contributed by atoms with Crippen molar-refractivity contribution in [2.75, 3.05) is 28.4 Å². The van der Waals surface area contributed by atoms with E-state index >= 15 is 0 Å². The van der Waals surface area contributed by atoms with Crippen molar-refractivity contribution in [1.29, 1.82) is 0 Å². The second-order valence-electron chi connectivity index (χ2n) is 6.99. The first kappa shape index (κ1) is 21.0. The van der Waals surface area contributed by atoms with Gasteiger partial charge in [0, 0.05) is 28.4 Å². The maximum Gasteiger partial charge on any atom is 0.186 e. The van der Waals surface area contributed by atoms with Gasteiger partial charge in [-0.3, -0.25) is 0 Å². The molecule has 0 aliphatic carbocycles. The Balaban J connectivity index is 1.73. The first-order valence-corrected chi connectivity index (χ1v) is 9.61. The van der Waals surface area contributed by atoms with Gasteiger partial charge >= 0.3 is 0 Å². The van der Waals surface area contributed by atoms with Gasteiger partial charge in [0.2, 0.25) is 0 Å². The topological polar surface area (TPSA) is 46.2 Å². The average molecular weight is 386 g/mol. The van der Waals surface area contributed by atoms with Gasteiger partial charge in [-0.15, -0.1) is 0 Å². The summed E-state index contributed by atoms with van der Waals surface area (Å²) >= 11 is 0. The highest BCUT2D eigenvalue weighted by Crippen LogP contribution is 2.36. The van der Waals surface area contributed by atoms with Gasteiger partial charge in [-0.2, -0.15) is 0 Å². The molecule has 0 N–H and O–H groups in total. The summed E-state index contributed by atoms with van der Waals surface area (Å²) in [6.07, 6.45) is 0.248. The molecule has 0 unspecified atom stereocenters. The second kappa shape index (κ2) is 10.1. The maximum absolute atomic E-state index is 6.18. The van der Waals surface area contributed by atoms with E-state index in [4.69, 9.17) is 23.7 Å². The summed E-state index contributed by atoms with van der Waals surface area (Å²) in [6, 6.07) is 19.0. The molecule has 5 nitrogen and oxygen atoms in total. The van der Waals surface area contributed by atoms with Crippen LogP contribution in [0.25, 0.3) is 0 Å². The molecule has 5 atom stereocenters. The quantitative estimate of drug-likeness (QED) is 0.694. The van der Waals surface area contributed by atoms with Crippen molar-refractivity contribution in [3.05, 3.63) is 71.3 Å².